The summed E-state index contributed by atoms with van der Waals surface area (Å²) in [5, 5.41) is 15.4. The summed E-state index contributed by atoms with van der Waals surface area (Å²) in [7, 11) is 0. The number of anilines is 1. The summed E-state index contributed by atoms with van der Waals surface area (Å²) in [4.78, 5) is 24.6. The summed E-state index contributed by atoms with van der Waals surface area (Å²) in [5.41, 5.74) is 2.10. The van der Waals surface area contributed by atoms with Crippen molar-refractivity contribution in [3.8, 4) is 11.8 Å². The van der Waals surface area contributed by atoms with Gasteiger partial charge in [-0.25, -0.2) is 0 Å². The fraction of sp³-hybridized carbons (Fsp3) is 0.115. The van der Waals surface area contributed by atoms with Crippen LogP contribution in [0, 0.1) is 11.3 Å². The summed E-state index contributed by atoms with van der Waals surface area (Å²) in [6.45, 7) is 1.67. The maximum Gasteiger partial charge on any atom is 0.262 e. The first-order valence-corrected chi connectivity index (χ1v) is 10.6. The van der Waals surface area contributed by atoms with E-state index in [1.807, 2.05) is 43.3 Å². The van der Waals surface area contributed by atoms with Gasteiger partial charge >= 0.3 is 0 Å². The van der Waals surface area contributed by atoms with Crippen LogP contribution in [0.4, 0.5) is 5.69 Å². The van der Waals surface area contributed by atoms with E-state index in [0.717, 1.165) is 5.56 Å². The van der Waals surface area contributed by atoms with Gasteiger partial charge in [-0.05, 0) is 48.4 Å². The smallest absolute Gasteiger partial charge is 0.262 e. The number of carbonyl (C=O) groups is 2. The molecule has 0 radical (unpaired) electrons. The van der Waals surface area contributed by atoms with Gasteiger partial charge in [0, 0.05) is 0 Å². The maximum absolute atomic E-state index is 12.5. The third-order valence-corrected chi connectivity index (χ3v) is 5.05. The number of benzene rings is 3. The van der Waals surface area contributed by atoms with Gasteiger partial charge in [-0.15, -0.1) is 0 Å². The van der Waals surface area contributed by atoms with Crippen LogP contribution in [0.2, 0.25) is 5.02 Å². The Labute approximate surface area is 197 Å². The van der Waals surface area contributed by atoms with Crippen molar-refractivity contribution >= 4 is 35.2 Å². The van der Waals surface area contributed by atoms with Crippen molar-refractivity contribution in [2.24, 2.45) is 0 Å². The van der Waals surface area contributed by atoms with E-state index in [0.29, 0.717) is 22.0 Å². The third kappa shape index (κ3) is 6.96. The van der Waals surface area contributed by atoms with Gasteiger partial charge in [-0.2, -0.15) is 5.26 Å². The molecule has 0 aliphatic carbocycles. The second-order valence-electron chi connectivity index (χ2n) is 7.16. The van der Waals surface area contributed by atoms with E-state index >= 15 is 0 Å². The second-order valence-corrected chi connectivity index (χ2v) is 7.57. The first-order valence-electron chi connectivity index (χ1n) is 10.2. The molecule has 0 aliphatic heterocycles. The zero-order chi connectivity index (χ0) is 23.6. The minimum atomic E-state index is -0.453. The van der Waals surface area contributed by atoms with E-state index < -0.39 is 5.91 Å². The highest BCUT2D eigenvalue weighted by molar-refractivity contribution is 6.33. The van der Waals surface area contributed by atoms with Crippen LogP contribution in [0.3, 0.4) is 0 Å². The maximum atomic E-state index is 12.5. The quantitative estimate of drug-likeness (QED) is 0.360. The van der Waals surface area contributed by atoms with Gasteiger partial charge in [0.2, 0.25) is 0 Å². The molecule has 0 heterocycles. The topological polar surface area (TPSA) is 91.2 Å². The van der Waals surface area contributed by atoms with E-state index in [2.05, 4.69) is 10.6 Å². The number of rotatable bonds is 8. The molecular formula is C26H22ClN3O3. The van der Waals surface area contributed by atoms with Crippen molar-refractivity contribution in [3.63, 3.8) is 0 Å². The number of amides is 2. The van der Waals surface area contributed by atoms with Gasteiger partial charge in [-0.1, -0.05) is 66.2 Å². The van der Waals surface area contributed by atoms with Gasteiger partial charge < -0.3 is 15.4 Å². The van der Waals surface area contributed by atoms with E-state index in [1.165, 1.54) is 6.08 Å². The van der Waals surface area contributed by atoms with Gasteiger partial charge in [0.1, 0.15) is 17.4 Å². The number of nitrogens with zero attached hydrogens (tertiary/aromatic N) is 1. The highest BCUT2D eigenvalue weighted by Crippen LogP contribution is 2.20. The van der Waals surface area contributed by atoms with Gasteiger partial charge in [0.05, 0.1) is 16.8 Å². The molecule has 2 N–H and O–H groups in total. The van der Waals surface area contributed by atoms with Crippen molar-refractivity contribution in [1.29, 1.82) is 5.26 Å². The van der Waals surface area contributed by atoms with E-state index in [1.54, 1.807) is 48.5 Å². The average Bonchev–Trinajstić information content (AvgIpc) is 2.84. The highest BCUT2D eigenvalue weighted by atomic mass is 35.5. The highest BCUT2D eigenvalue weighted by Gasteiger charge is 2.14. The summed E-state index contributed by atoms with van der Waals surface area (Å²) in [5.74, 6) is -0.324. The Morgan fingerprint density at radius 1 is 1.03 bits per heavy atom. The fourth-order valence-electron chi connectivity index (χ4n) is 2.97. The monoisotopic (exact) mass is 459 g/mol. The molecule has 0 saturated heterocycles. The normalized spacial score (nSPS) is 11.7. The van der Waals surface area contributed by atoms with Crippen molar-refractivity contribution in [2.75, 3.05) is 11.9 Å². The number of halogens is 1. The fourth-order valence-corrected chi connectivity index (χ4v) is 3.16. The molecule has 166 valence electrons. The lowest BCUT2D eigenvalue weighted by Crippen LogP contribution is -2.27. The number of hydrogen-bond donors (Lipinski definition) is 2. The Kier molecular flexibility index (Phi) is 8.23. The summed E-state index contributed by atoms with van der Waals surface area (Å²) < 4.78 is 5.50. The average molecular weight is 460 g/mol. The summed E-state index contributed by atoms with van der Waals surface area (Å²) >= 11 is 6.03. The molecule has 7 heteroatoms. The molecule has 3 aromatic carbocycles. The summed E-state index contributed by atoms with van der Waals surface area (Å²) in [6, 6.07) is 24.9. The first-order chi connectivity index (χ1) is 16.0. The SMILES string of the molecule is C[C@@H](NC(=O)/C(C#N)=C/c1ccc(OCC(=O)Nc2ccccc2Cl)cc1)c1ccccc1. The lowest BCUT2D eigenvalue weighted by molar-refractivity contribution is -0.118. The largest absolute Gasteiger partial charge is 0.484 e. The molecule has 2 amide bonds. The van der Waals surface area contributed by atoms with Crippen LogP contribution in [0.25, 0.3) is 6.08 Å². The van der Waals surface area contributed by atoms with Gasteiger partial charge in [0.15, 0.2) is 6.61 Å². The Bertz CT molecular complexity index is 1190. The molecule has 0 spiro atoms. The number of carbonyl (C=O) groups excluding carboxylic acids is 2. The molecule has 0 aliphatic rings. The van der Waals surface area contributed by atoms with Gasteiger partial charge in [0.25, 0.3) is 11.8 Å². The number of para-hydroxylation sites is 1. The molecule has 0 bridgehead atoms. The van der Waals surface area contributed by atoms with Gasteiger partial charge in [-0.3, -0.25) is 9.59 Å². The van der Waals surface area contributed by atoms with Crippen LogP contribution in [0.1, 0.15) is 24.1 Å². The van der Waals surface area contributed by atoms with Crippen LogP contribution in [-0.2, 0) is 9.59 Å². The van der Waals surface area contributed by atoms with Crippen molar-refractivity contribution in [1.82, 2.24) is 5.32 Å². The lowest BCUT2D eigenvalue weighted by atomic mass is 10.1. The molecule has 3 aromatic rings. The van der Waals surface area contributed by atoms with Crippen molar-refractivity contribution in [3.05, 3.63) is 101 Å². The standard InChI is InChI=1S/C26H22ClN3O3/c1-18(20-7-3-2-4-8-20)29-26(32)21(16-28)15-19-11-13-22(14-12-19)33-17-25(31)30-24-10-6-5-9-23(24)27/h2-15,18H,17H2,1H3,(H,29,32)(H,30,31)/b21-15+/t18-/m1/s1. The predicted molar refractivity (Wildman–Crippen MR) is 129 cm³/mol. The van der Waals surface area contributed by atoms with Crippen molar-refractivity contribution in [2.45, 2.75) is 13.0 Å². The Morgan fingerprint density at radius 2 is 1.70 bits per heavy atom. The molecule has 33 heavy (non-hydrogen) atoms. The molecule has 0 aromatic heterocycles. The zero-order valence-electron chi connectivity index (χ0n) is 17.9. The van der Waals surface area contributed by atoms with Crippen LogP contribution < -0.4 is 15.4 Å². The van der Waals surface area contributed by atoms with Crippen LogP contribution in [-0.4, -0.2) is 18.4 Å². The Morgan fingerprint density at radius 3 is 2.36 bits per heavy atom. The molecule has 3 rings (SSSR count). The first kappa shape index (κ1) is 23.6. The molecule has 0 fully saturated rings. The minimum Gasteiger partial charge on any atom is -0.484 e. The number of hydrogen-bond acceptors (Lipinski definition) is 4. The van der Waals surface area contributed by atoms with E-state index in [4.69, 9.17) is 16.3 Å². The van der Waals surface area contributed by atoms with E-state index in [-0.39, 0.29) is 24.1 Å². The number of ether oxygens (including phenoxy) is 1. The molecule has 0 unspecified atom stereocenters. The van der Waals surface area contributed by atoms with E-state index in [9.17, 15) is 14.9 Å². The van der Waals surface area contributed by atoms with Crippen LogP contribution in [0.5, 0.6) is 5.75 Å². The molecule has 1 atom stereocenters. The summed E-state index contributed by atoms with van der Waals surface area (Å²) in [6.07, 6.45) is 1.50. The molecular weight excluding hydrogens is 438 g/mol. The number of nitrogens with one attached hydrogen (secondary N) is 2. The van der Waals surface area contributed by atoms with Crippen molar-refractivity contribution < 1.29 is 14.3 Å². The Balaban J connectivity index is 1.56. The lowest BCUT2D eigenvalue weighted by Gasteiger charge is -2.13. The number of nitriles is 1. The van der Waals surface area contributed by atoms with Crippen LogP contribution in [0.15, 0.2) is 84.4 Å². The minimum absolute atomic E-state index is 0.00873. The molecule has 6 nitrogen and oxygen atoms in total. The Hall–Kier alpha value is -4.08. The van der Waals surface area contributed by atoms with Crippen LogP contribution >= 0.6 is 11.6 Å². The zero-order valence-corrected chi connectivity index (χ0v) is 18.7. The third-order valence-electron chi connectivity index (χ3n) is 4.72. The molecule has 0 saturated carbocycles. The second kappa shape index (κ2) is 11.5. The predicted octanol–water partition coefficient (Wildman–Crippen LogP) is 5.14.